The summed E-state index contributed by atoms with van der Waals surface area (Å²) in [6.07, 6.45) is 1.41. The molecule has 2 heterocycles. The highest BCUT2D eigenvalue weighted by Gasteiger charge is 2.30. The van der Waals surface area contributed by atoms with E-state index in [0.717, 1.165) is 17.7 Å². The molecule has 0 atom stereocenters. The SMILES string of the molecule is Cc1cc(S(=O)(=O)N2CCN(c3cccc(C)c3C)CC2)ccc1N1CCCC1=O. The van der Waals surface area contributed by atoms with Gasteiger partial charge >= 0.3 is 0 Å². The average molecular weight is 428 g/mol. The third-order valence-corrected chi connectivity index (χ3v) is 8.22. The molecule has 0 radical (unpaired) electrons. The van der Waals surface area contributed by atoms with Gasteiger partial charge < -0.3 is 9.80 Å². The highest BCUT2D eigenvalue weighted by atomic mass is 32.2. The molecule has 6 nitrogen and oxygen atoms in total. The highest BCUT2D eigenvalue weighted by Crippen LogP contribution is 2.29. The third-order valence-electron chi connectivity index (χ3n) is 6.33. The van der Waals surface area contributed by atoms with E-state index in [1.807, 2.05) is 6.92 Å². The number of hydrogen-bond acceptors (Lipinski definition) is 4. The van der Waals surface area contributed by atoms with Crippen LogP contribution in [0.5, 0.6) is 0 Å². The fraction of sp³-hybridized carbons (Fsp3) is 0.435. The molecule has 0 aromatic heterocycles. The van der Waals surface area contributed by atoms with Gasteiger partial charge in [0.05, 0.1) is 4.90 Å². The van der Waals surface area contributed by atoms with Gasteiger partial charge in [-0.15, -0.1) is 0 Å². The van der Waals surface area contributed by atoms with Crippen LogP contribution in [0.3, 0.4) is 0 Å². The first-order valence-corrected chi connectivity index (χ1v) is 12.0. The fourth-order valence-corrected chi connectivity index (χ4v) is 5.90. The van der Waals surface area contributed by atoms with Crippen LogP contribution in [0.25, 0.3) is 0 Å². The summed E-state index contributed by atoms with van der Waals surface area (Å²) in [5.41, 5.74) is 5.31. The third kappa shape index (κ3) is 3.72. The van der Waals surface area contributed by atoms with Gasteiger partial charge in [0.15, 0.2) is 0 Å². The molecule has 0 aliphatic carbocycles. The molecule has 0 N–H and O–H groups in total. The molecule has 0 unspecified atom stereocenters. The van der Waals surface area contributed by atoms with Gasteiger partial charge in [-0.25, -0.2) is 8.42 Å². The molecule has 0 bridgehead atoms. The molecule has 7 heteroatoms. The highest BCUT2D eigenvalue weighted by molar-refractivity contribution is 7.89. The van der Waals surface area contributed by atoms with Crippen LogP contribution in [0.2, 0.25) is 0 Å². The van der Waals surface area contributed by atoms with Crippen molar-refractivity contribution in [3.8, 4) is 0 Å². The van der Waals surface area contributed by atoms with E-state index in [1.165, 1.54) is 16.8 Å². The number of amides is 1. The van der Waals surface area contributed by atoms with Crippen LogP contribution in [-0.2, 0) is 14.8 Å². The number of piperazine rings is 1. The first-order valence-electron chi connectivity index (χ1n) is 10.5. The lowest BCUT2D eigenvalue weighted by molar-refractivity contribution is -0.117. The zero-order chi connectivity index (χ0) is 21.5. The molecule has 2 aliphatic heterocycles. The number of rotatable bonds is 4. The summed E-state index contributed by atoms with van der Waals surface area (Å²) in [5.74, 6) is 0.108. The number of aryl methyl sites for hydroxylation is 2. The van der Waals surface area contributed by atoms with Crippen LogP contribution in [0.4, 0.5) is 11.4 Å². The number of nitrogens with zero attached hydrogens (tertiary/aromatic N) is 3. The number of hydrogen-bond donors (Lipinski definition) is 0. The lowest BCUT2D eigenvalue weighted by Crippen LogP contribution is -2.48. The van der Waals surface area contributed by atoms with Crippen molar-refractivity contribution in [1.82, 2.24) is 4.31 Å². The van der Waals surface area contributed by atoms with Gasteiger partial charge in [-0.2, -0.15) is 4.31 Å². The molecule has 30 heavy (non-hydrogen) atoms. The summed E-state index contributed by atoms with van der Waals surface area (Å²) in [6.45, 7) is 9.04. The van der Waals surface area contributed by atoms with Gasteiger partial charge in [0.1, 0.15) is 0 Å². The van der Waals surface area contributed by atoms with Gasteiger partial charge in [-0.1, -0.05) is 12.1 Å². The Labute approximate surface area is 179 Å². The van der Waals surface area contributed by atoms with E-state index in [0.29, 0.717) is 44.0 Å². The zero-order valence-corrected chi connectivity index (χ0v) is 18.7. The van der Waals surface area contributed by atoms with Crippen molar-refractivity contribution < 1.29 is 13.2 Å². The molecule has 2 saturated heterocycles. The van der Waals surface area contributed by atoms with Crippen LogP contribution >= 0.6 is 0 Å². The number of anilines is 2. The van der Waals surface area contributed by atoms with Crippen LogP contribution in [0.15, 0.2) is 41.3 Å². The van der Waals surface area contributed by atoms with E-state index in [-0.39, 0.29) is 5.91 Å². The molecule has 2 aliphatic rings. The van der Waals surface area contributed by atoms with Gasteiger partial charge in [-0.3, -0.25) is 4.79 Å². The second-order valence-electron chi connectivity index (χ2n) is 8.21. The Morgan fingerprint density at radius 2 is 1.57 bits per heavy atom. The minimum absolute atomic E-state index is 0.108. The molecule has 160 valence electrons. The molecule has 0 saturated carbocycles. The van der Waals surface area contributed by atoms with E-state index >= 15 is 0 Å². The maximum Gasteiger partial charge on any atom is 0.243 e. The molecular formula is C23H29N3O3S. The van der Waals surface area contributed by atoms with Crippen molar-refractivity contribution in [1.29, 1.82) is 0 Å². The zero-order valence-electron chi connectivity index (χ0n) is 17.9. The molecule has 0 spiro atoms. The fourth-order valence-electron chi connectivity index (χ4n) is 4.39. The number of sulfonamides is 1. The summed E-state index contributed by atoms with van der Waals surface area (Å²) >= 11 is 0. The first kappa shape index (κ1) is 20.9. The second kappa shape index (κ2) is 8.04. The van der Waals surface area contributed by atoms with E-state index in [2.05, 4.69) is 36.9 Å². The summed E-state index contributed by atoms with van der Waals surface area (Å²) in [5, 5.41) is 0. The Morgan fingerprint density at radius 1 is 0.833 bits per heavy atom. The number of carbonyl (C=O) groups is 1. The summed E-state index contributed by atoms with van der Waals surface area (Å²) in [7, 11) is -3.56. The molecule has 1 amide bonds. The maximum atomic E-state index is 13.2. The predicted molar refractivity (Wildman–Crippen MR) is 120 cm³/mol. The number of carbonyl (C=O) groups excluding carboxylic acids is 1. The average Bonchev–Trinajstić information content (AvgIpc) is 3.15. The minimum Gasteiger partial charge on any atom is -0.369 e. The van der Waals surface area contributed by atoms with Crippen molar-refractivity contribution in [3.63, 3.8) is 0 Å². The molecule has 2 aromatic rings. The first-order chi connectivity index (χ1) is 14.3. The Bertz CT molecular complexity index is 1070. The monoisotopic (exact) mass is 427 g/mol. The van der Waals surface area contributed by atoms with E-state index in [1.54, 1.807) is 27.4 Å². The molecule has 2 fully saturated rings. The van der Waals surface area contributed by atoms with Crippen LogP contribution < -0.4 is 9.80 Å². The van der Waals surface area contributed by atoms with E-state index in [9.17, 15) is 13.2 Å². The van der Waals surface area contributed by atoms with Crippen molar-refractivity contribution in [2.24, 2.45) is 0 Å². The van der Waals surface area contributed by atoms with E-state index < -0.39 is 10.0 Å². The largest absolute Gasteiger partial charge is 0.369 e. The van der Waals surface area contributed by atoms with Gasteiger partial charge in [0.2, 0.25) is 15.9 Å². The lowest BCUT2D eigenvalue weighted by Gasteiger charge is -2.36. The standard InChI is InChI=1S/C23H29N3O3S/c1-17-6-4-7-22(19(17)3)24-12-14-25(15-13-24)30(28,29)20-9-10-21(18(2)16-20)26-11-5-8-23(26)27/h4,6-7,9-10,16H,5,8,11-15H2,1-3H3. The summed E-state index contributed by atoms with van der Waals surface area (Å²) in [4.78, 5) is 16.4. The van der Waals surface area contributed by atoms with Crippen molar-refractivity contribution in [2.45, 2.75) is 38.5 Å². The Hall–Kier alpha value is -2.38. The van der Waals surface area contributed by atoms with Crippen molar-refractivity contribution >= 4 is 27.3 Å². The van der Waals surface area contributed by atoms with Crippen LogP contribution in [0.1, 0.15) is 29.5 Å². The van der Waals surface area contributed by atoms with Gasteiger partial charge in [0, 0.05) is 50.5 Å². The predicted octanol–water partition coefficient (Wildman–Crippen LogP) is 3.25. The topological polar surface area (TPSA) is 60.9 Å². The lowest BCUT2D eigenvalue weighted by atomic mass is 10.1. The summed E-state index contributed by atoms with van der Waals surface area (Å²) < 4.78 is 28.0. The Kier molecular flexibility index (Phi) is 5.59. The van der Waals surface area contributed by atoms with Crippen LogP contribution in [-0.4, -0.2) is 51.4 Å². The quantitative estimate of drug-likeness (QED) is 0.752. The second-order valence-corrected chi connectivity index (χ2v) is 10.1. The molecule has 4 rings (SSSR count). The Balaban J connectivity index is 1.50. The van der Waals surface area contributed by atoms with Gasteiger partial charge in [0.25, 0.3) is 0 Å². The maximum absolute atomic E-state index is 13.2. The minimum atomic E-state index is -3.56. The summed E-state index contributed by atoms with van der Waals surface area (Å²) in [6, 6.07) is 11.4. The number of benzene rings is 2. The Morgan fingerprint density at radius 3 is 2.20 bits per heavy atom. The van der Waals surface area contributed by atoms with E-state index in [4.69, 9.17) is 0 Å². The van der Waals surface area contributed by atoms with Gasteiger partial charge in [-0.05, 0) is 68.1 Å². The smallest absolute Gasteiger partial charge is 0.243 e. The molecular weight excluding hydrogens is 398 g/mol. The van der Waals surface area contributed by atoms with Crippen molar-refractivity contribution in [3.05, 3.63) is 53.1 Å². The normalized spacial score (nSPS) is 18.3. The van der Waals surface area contributed by atoms with Crippen LogP contribution in [0, 0.1) is 20.8 Å². The molecule has 2 aromatic carbocycles. The van der Waals surface area contributed by atoms with Crippen molar-refractivity contribution in [2.75, 3.05) is 42.5 Å².